The fourth-order valence-electron chi connectivity index (χ4n) is 4.61. The number of aliphatic carboxylic acids is 4. The molecule has 17 nitrogen and oxygen atoms in total. The average Bonchev–Trinajstić information content (AvgIpc) is 3.03. The Morgan fingerprint density at radius 2 is 1.10 bits per heavy atom. The van der Waals surface area contributed by atoms with Gasteiger partial charge in [0, 0.05) is 32.7 Å². The van der Waals surface area contributed by atoms with Gasteiger partial charge in [-0.1, -0.05) is 54.6 Å². The van der Waals surface area contributed by atoms with E-state index in [1.54, 1.807) is 29.2 Å². The number of hydrogen-bond acceptors (Lipinski definition) is 11. The van der Waals surface area contributed by atoms with Crippen LogP contribution in [0.1, 0.15) is 23.1 Å². The van der Waals surface area contributed by atoms with Crippen LogP contribution in [0.25, 0.3) is 0 Å². The molecule has 17 heteroatoms. The van der Waals surface area contributed by atoms with E-state index in [9.17, 15) is 28.8 Å². The van der Waals surface area contributed by atoms with E-state index in [2.05, 4.69) is 10.8 Å². The summed E-state index contributed by atoms with van der Waals surface area (Å²) < 4.78 is 0. The number of nitrogens with zero attached hydrogens (tertiary/aromatic N) is 3. The first-order valence-electron chi connectivity index (χ1n) is 15.4. The molecule has 0 heterocycles. The van der Waals surface area contributed by atoms with Gasteiger partial charge in [0.2, 0.25) is 5.91 Å². The summed E-state index contributed by atoms with van der Waals surface area (Å²) in [6, 6.07) is 16.0. The van der Waals surface area contributed by atoms with Crippen LogP contribution in [0.4, 0.5) is 0 Å². The van der Waals surface area contributed by atoms with Crippen molar-refractivity contribution < 1.29 is 54.0 Å². The number of carboxylic acids is 4. The van der Waals surface area contributed by atoms with Crippen molar-refractivity contribution in [2.75, 3.05) is 58.9 Å². The number of amides is 2. The highest BCUT2D eigenvalue weighted by molar-refractivity contribution is 5.80. The highest BCUT2D eigenvalue weighted by Crippen LogP contribution is 2.07. The molecule has 8 N–H and O–H groups in total. The first kappa shape index (κ1) is 40.2. The molecule has 0 aliphatic heterocycles. The second-order valence-corrected chi connectivity index (χ2v) is 11.3. The molecule has 1 atom stereocenters. The SMILES string of the molecule is N[C@@H](CCc1ccccc1)C(=O)NOCc1ccc(CNC(=O)CN(CCN(CC(=O)O)CC(=O)O)CCN(CC(=O)O)CC(=O)O)cc1. The number of nitrogens with one attached hydrogen (secondary N) is 2. The molecule has 268 valence electrons. The third-order valence-electron chi connectivity index (χ3n) is 7.12. The molecule has 0 radical (unpaired) electrons. The molecule has 2 amide bonds. The van der Waals surface area contributed by atoms with Gasteiger partial charge in [-0.15, -0.1) is 0 Å². The lowest BCUT2D eigenvalue weighted by atomic mass is 10.1. The molecule has 0 unspecified atom stereocenters. The van der Waals surface area contributed by atoms with E-state index < -0.39 is 67.9 Å². The maximum Gasteiger partial charge on any atom is 0.317 e. The summed E-state index contributed by atoms with van der Waals surface area (Å²) in [5.41, 5.74) is 10.9. The Morgan fingerprint density at radius 1 is 0.633 bits per heavy atom. The van der Waals surface area contributed by atoms with Crippen LogP contribution in [0, 0.1) is 0 Å². The third kappa shape index (κ3) is 18.3. The standard InChI is InChI=1S/C32H44N6O11/c33-26(11-10-23-4-2-1-3-5-23)32(48)35-49-22-25-8-6-24(7-9-25)16-34-27(39)17-36(12-14-37(18-28(40)41)19-29(42)43)13-15-38(20-30(44)45)21-31(46)47/h1-9,26H,10-22,33H2,(H,34,39)(H,35,48)(H,40,41)(H,42,43)(H,44,45)(H,46,47)/t26-/m0/s1. The molecule has 0 saturated heterocycles. The number of benzene rings is 2. The van der Waals surface area contributed by atoms with Gasteiger partial charge in [-0.2, -0.15) is 0 Å². The Labute approximate surface area is 283 Å². The fraction of sp³-hybridized carbons (Fsp3) is 0.438. The van der Waals surface area contributed by atoms with Crippen LogP contribution < -0.4 is 16.5 Å². The molecule has 0 saturated carbocycles. The molecule has 2 rings (SSSR count). The molecule has 0 fully saturated rings. The van der Waals surface area contributed by atoms with E-state index in [1.165, 1.54) is 9.80 Å². The van der Waals surface area contributed by atoms with Crippen molar-refractivity contribution in [3.63, 3.8) is 0 Å². The van der Waals surface area contributed by atoms with Gasteiger partial charge in [0.05, 0.1) is 45.4 Å². The second kappa shape index (κ2) is 21.8. The van der Waals surface area contributed by atoms with Crippen LogP contribution in [-0.2, 0) is 53.2 Å². The molecule has 0 aliphatic carbocycles. The zero-order chi connectivity index (χ0) is 36.2. The minimum atomic E-state index is -1.24. The summed E-state index contributed by atoms with van der Waals surface area (Å²) in [4.78, 5) is 79.0. The number of carbonyl (C=O) groups is 6. The monoisotopic (exact) mass is 688 g/mol. The van der Waals surface area contributed by atoms with Gasteiger partial charge in [0.15, 0.2) is 0 Å². The van der Waals surface area contributed by atoms with Crippen LogP contribution in [-0.4, -0.2) is 136 Å². The largest absolute Gasteiger partial charge is 0.480 e. The molecule has 49 heavy (non-hydrogen) atoms. The van der Waals surface area contributed by atoms with E-state index in [1.807, 2.05) is 30.3 Å². The van der Waals surface area contributed by atoms with Gasteiger partial charge in [0.1, 0.15) is 0 Å². The molecule has 2 aromatic rings. The minimum absolute atomic E-state index is 0.0344. The highest BCUT2D eigenvalue weighted by Gasteiger charge is 2.20. The molecule has 0 aromatic heterocycles. The number of carbonyl (C=O) groups excluding carboxylic acids is 2. The highest BCUT2D eigenvalue weighted by atomic mass is 16.6. The van der Waals surface area contributed by atoms with Crippen LogP contribution in [0.3, 0.4) is 0 Å². The van der Waals surface area contributed by atoms with E-state index in [-0.39, 0.29) is 45.9 Å². The van der Waals surface area contributed by atoms with Gasteiger partial charge in [-0.25, -0.2) is 5.48 Å². The molecular formula is C32H44N6O11. The maximum absolute atomic E-state index is 12.9. The lowest BCUT2D eigenvalue weighted by Crippen LogP contribution is -2.47. The van der Waals surface area contributed by atoms with Crippen LogP contribution in [0.15, 0.2) is 54.6 Å². The summed E-state index contributed by atoms with van der Waals surface area (Å²) in [7, 11) is 0. The maximum atomic E-state index is 12.9. The van der Waals surface area contributed by atoms with Crippen molar-refractivity contribution in [3.05, 3.63) is 71.3 Å². The van der Waals surface area contributed by atoms with E-state index >= 15 is 0 Å². The number of rotatable bonds is 25. The zero-order valence-electron chi connectivity index (χ0n) is 27.0. The average molecular weight is 689 g/mol. The molecule has 0 aliphatic rings. The Bertz CT molecular complexity index is 1310. The van der Waals surface area contributed by atoms with E-state index in [4.69, 9.17) is 31.0 Å². The van der Waals surface area contributed by atoms with Crippen LogP contribution in [0.5, 0.6) is 0 Å². The topological polar surface area (TPSA) is 252 Å². The van der Waals surface area contributed by atoms with Gasteiger partial charge < -0.3 is 31.5 Å². The number of nitrogens with two attached hydrogens (primary N) is 1. The summed E-state index contributed by atoms with van der Waals surface area (Å²) >= 11 is 0. The fourth-order valence-corrected chi connectivity index (χ4v) is 4.61. The van der Waals surface area contributed by atoms with Crippen molar-refractivity contribution in [1.29, 1.82) is 0 Å². The zero-order valence-corrected chi connectivity index (χ0v) is 27.0. The number of aryl methyl sites for hydroxylation is 1. The van der Waals surface area contributed by atoms with Crippen molar-refractivity contribution in [2.45, 2.75) is 32.0 Å². The Kier molecular flexibility index (Phi) is 17.9. The number of hydrogen-bond donors (Lipinski definition) is 7. The molecular weight excluding hydrogens is 644 g/mol. The second-order valence-electron chi connectivity index (χ2n) is 11.3. The summed E-state index contributed by atoms with van der Waals surface area (Å²) in [6.45, 7) is -2.15. The van der Waals surface area contributed by atoms with E-state index in [0.29, 0.717) is 12.8 Å². The van der Waals surface area contributed by atoms with Crippen LogP contribution in [0.2, 0.25) is 0 Å². The Hall–Kier alpha value is -4.94. The van der Waals surface area contributed by atoms with Gasteiger partial charge in [-0.05, 0) is 29.5 Å². The Morgan fingerprint density at radius 3 is 1.59 bits per heavy atom. The normalized spacial score (nSPS) is 11.8. The first-order chi connectivity index (χ1) is 23.3. The Balaban J connectivity index is 1.88. The summed E-state index contributed by atoms with van der Waals surface area (Å²) in [6.07, 6.45) is 1.11. The predicted molar refractivity (Wildman–Crippen MR) is 174 cm³/mol. The minimum Gasteiger partial charge on any atom is -0.480 e. The van der Waals surface area contributed by atoms with Gasteiger partial charge in [0.25, 0.3) is 5.91 Å². The quantitative estimate of drug-likeness (QED) is 0.0622. The van der Waals surface area contributed by atoms with Gasteiger partial charge >= 0.3 is 23.9 Å². The summed E-state index contributed by atoms with van der Waals surface area (Å²) in [5.74, 6) is -5.80. The summed E-state index contributed by atoms with van der Waals surface area (Å²) in [5, 5.41) is 39.3. The first-order valence-corrected chi connectivity index (χ1v) is 15.4. The number of carboxylic acid groups (broad SMARTS) is 4. The van der Waals surface area contributed by atoms with Crippen molar-refractivity contribution in [3.8, 4) is 0 Å². The molecule has 2 aromatic carbocycles. The number of hydroxylamine groups is 1. The van der Waals surface area contributed by atoms with Crippen molar-refractivity contribution >= 4 is 35.7 Å². The van der Waals surface area contributed by atoms with Crippen molar-refractivity contribution in [2.24, 2.45) is 5.73 Å². The van der Waals surface area contributed by atoms with E-state index in [0.717, 1.165) is 16.7 Å². The smallest absolute Gasteiger partial charge is 0.317 e. The lowest BCUT2D eigenvalue weighted by molar-refractivity contribution is -0.143. The third-order valence-corrected chi connectivity index (χ3v) is 7.12. The van der Waals surface area contributed by atoms with Crippen molar-refractivity contribution in [1.82, 2.24) is 25.5 Å². The molecule has 0 spiro atoms. The van der Waals surface area contributed by atoms with Gasteiger partial charge in [-0.3, -0.25) is 48.3 Å². The molecule has 0 bridgehead atoms. The van der Waals surface area contributed by atoms with Crippen LogP contribution >= 0.6 is 0 Å². The lowest BCUT2D eigenvalue weighted by Gasteiger charge is -2.28. The predicted octanol–water partition coefficient (Wildman–Crippen LogP) is -0.945.